The molecule has 2 aromatic heterocycles. The molecule has 2 aromatic rings. The molecule has 148 valence electrons. The van der Waals surface area contributed by atoms with Crippen LogP contribution in [-0.2, 0) is 27.9 Å². The summed E-state index contributed by atoms with van der Waals surface area (Å²) in [7, 11) is -3.53. The first-order chi connectivity index (χ1) is 12.9. The second-order valence-electron chi connectivity index (χ2n) is 6.79. The van der Waals surface area contributed by atoms with Crippen molar-refractivity contribution in [2.75, 3.05) is 13.1 Å². The minimum atomic E-state index is -3.53. The van der Waals surface area contributed by atoms with Gasteiger partial charge >= 0.3 is 0 Å². The Hall–Kier alpha value is -1.71. The topological polar surface area (TPSA) is 84.3 Å². The van der Waals surface area contributed by atoms with Crippen molar-refractivity contribution in [1.82, 2.24) is 19.4 Å². The highest BCUT2D eigenvalue weighted by Gasteiger charge is 2.31. The van der Waals surface area contributed by atoms with Gasteiger partial charge in [-0.2, -0.15) is 9.40 Å². The van der Waals surface area contributed by atoms with E-state index in [2.05, 4.69) is 10.4 Å². The standard InChI is InChI=1S/C18H26N4O3S2/c1-14-18(27(24,25)21-9-4-3-5-10-21)15(2)22(20-14)11-8-17(23)19-13-16-7-6-12-26-16/h6-7,12H,3-5,8-11,13H2,1-2H3,(H,19,23). The molecule has 1 aliphatic rings. The predicted octanol–water partition coefficient (Wildman–Crippen LogP) is 2.44. The van der Waals surface area contributed by atoms with E-state index in [0.717, 1.165) is 24.1 Å². The summed E-state index contributed by atoms with van der Waals surface area (Å²) in [5.74, 6) is -0.0728. The van der Waals surface area contributed by atoms with Crippen molar-refractivity contribution in [3.05, 3.63) is 33.8 Å². The Labute approximate surface area is 164 Å². The number of aryl methyl sites for hydroxylation is 2. The molecule has 0 radical (unpaired) electrons. The Morgan fingerprint density at radius 2 is 2.00 bits per heavy atom. The van der Waals surface area contributed by atoms with Gasteiger partial charge in [0.2, 0.25) is 15.9 Å². The highest BCUT2D eigenvalue weighted by molar-refractivity contribution is 7.89. The minimum Gasteiger partial charge on any atom is -0.351 e. The summed E-state index contributed by atoms with van der Waals surface area (Å²) in [4.78, 5) is 13.5. The molecule has 3 heterocycles. The number of piperidine rings is 1. The van der Waals surface area contributed by atoms with Crippen LogP contribution in [0.25, 0.3) is 0 Å². The fraction of sp³-hybridized carbons (Fsp3) is 0.556. The van der Waals surface area contributed by atoms with E-state index in [1.54, 1.807) is 34.2 Å². The molecule has 0 aliphatic carbocycles. The highest BCUT2D eigenvalue weighted by Crippen LogP contribution is 2.26. The van der Waals surface area contributed by atoms with Crippen LogP contribution >= 0.6 is 11.3 Å². The molecular formula is C18H26N4O3S2. The molecule has 1 saturated heterocycles. The summed E-state index contributed by atoms with van der Waals surface area (Å²) in [6, 6.07) is 3.93. The van der Waals surface area contributed by atoms with Gasteiger partial charge in [-0.25, -0.2) is 8.42 Å². The van der Waals surface area contributed by atoms with E-state index in [1.807, 2.05) is 17.5 Å². The smallest absolute Gasteiger partial charge is 0.246 e. The molecule has 7 nitrogen and oxygen atoms in total. The van der Waals surface area contributed by atoms with Crippen molar-refractivity contribution in [2.45, 2.75) is 57.5 Å². The van der Waals surface area contributed by atoms with Gasteiger partial charge in [-0.1, -0.05) is 12.5 Å². The average Bonchev–Trinajstić information content (AvgIpc) is 3.27. The van der Waals surface area contributed by atoms with Crippen LogP contribution in [0.2, 0.25) is 0 Å². The van der Waals surface area contributed by atoms with E-state index < -0.39 is 10.0 Å². The zero-order valence-electron chi connectivity index (χ0n) is 15.8. The Balaban J connectivity index is 1.65. The molecule has 1 fully saturated rings. The number of rotatable bonds is 7. The summed E-state index contributed by atoms with van der Waals surface area (Å²) in [5.41, 5.74) is 1.10. The predicted molar refractivity (Wildman–Crippen MR) is 105 cm³/mol. The van der Waals surface area contributed by atoms with Gasteiger partial charge in [0.1, 0.15) is 4.90 Å². The van der Waals surface area contributed by atoms with E-state index in [-0.39, 0.29) is 12.3 Å². The van der Waals surface area contributed by atoms with Gasteiger partial charge in [-0.05, 0) is 38.1 Å². The van der Waals surface area contributed by atoms with Crippen LogP contribution < -0.4 is 5.32 Å². The van der Waals surface area contributed by atoms with E-state index in [4.69, 9.17) is 0 Å². The van der Waals surface area contributed by atoms with Crippen LogP contribution in [0.15, 0.2) is 22.4 Å². The monoisotopic (exact) mass is 410 g/mol. The zero-order valence-corrected chi connectivity index (χ0v) is 17.4. The van der Waals surface area contributed by atoms with Crippen LogP contribution in [0.4, 0.5) is 0 Å². The summed E-state index contributed by atoms with van der Waals surface area (Å²) < 4.78 is 29.2. The maximum Gasteiger partial charge on any atom is 0.246 e. The number of carbonyl (C=O) groups excluding carboxylic acids is 1. The summed E-state index contributed by atoms with van der Waals surface area (Å²) in [6.45, 7) is 5.49. The molecule has 0 atom stereocenters. The molecule has 0 spiro atoms. The first-order valence-electron chi connectivity index (χ1n) is 9.23. The second kappa shape index (κ2) is 8.53. The largest absolute Gasteiger partial charge is 0.351 e. The van der Waals surface area contributed by atoms with Gasteiger partial charge in [0.15, 0.2) is 0 Å². The molecule has 0 aromatic carbocycles. The second-order valence-corrected chi connectivity index (χ2v) is 9.70. The Morgan fingerprint density at radius 1 is 1.26 bits per heavy atom. The van der Waals surface area contributed by atoms with Crippen molar-refractivity contribution >= 4 is 27.3 Å². The quantitative estimate of drug-likeness (QED) is 0.760. The molecule has 27 heavy (non-hydrogen) atoms. The summed E-state index contributed by atoms with van der Waals surface area (Å²) in [5, 5.41) is 9.24. The summed E-state index contributed by atoms with van der Waals surface area (Å²) in [6.07, 6.45) is 3.13. The number of thiophene rings is 1. The van der Waals surface area contributed by atoms with Crippen molar-refractivity contribution in [3.63, 3.8) is 0 Å². The highest BCUT2D eigenvalue weighted by atomic mass is 32.2. The number of sulfonamides is 1. The maximum absolute atomic E-state index is 13.0. The number of hydrogen-bond acceptors (Lipinski definition) is 5. The van der Waals surface area contributed by atoms with Gasteiger partial charge in [-0.15, -0.1) is 11.3 Å². The Kier molecular flexibility index (Phi) is 6.33. The fourth-order valence-corrected chi connectivity index (χ4v) is 5.94. The van der Waals surface area contributed by atoms with Gasteiger partial charge in [0.25, 0.3) is 0 Å². The van der Waals surface area contributed by atoms with Gasteiger partial charge in [0.05, 0.1) is 24.5 Å². The van der Waals surface area contributed by atoms with Crippen LogP contribution in [0.1, 0.15) is 41.9 Å². The molecule has 1 amide bonds. The van der Waals surface area contributed by atoms with E-state index in [0.29, 0.717) is 42.5 Å². The van der Waals surface area contributed by atoms with E-state index in [9.17, 15) is 13.2 Å². The number of hydrogen-bond donors (Lipinski definition) is 1. The molecule has 0 bridgehead atoms. The lowest BCUT2D eigenvalue weighted by Crippen LogP contribution is -2.36. The molecule has 1 N–H and O–H groups in total. The van der Waals surface area contributed by atoms with Gasteiger partial charge in [0, 0.05) is 24.4 Å². The normalized spacial score (nSPS) is 15.8. The van der Waals surface area contributed by atoms with E-state index in [1.165, 1.54) is 0 Å². The van der Waals surface area contributed by atoms with Crippen molar-refractivity contribution in [2.24, 2.45) is 0 Å². The zero-order chi connectivity index (χ0) is 19.4. The summed E-state index contributed by atoms with van der Waals surface area (Å²) >= 11 is 1.60. The third-order valence-electron chi connectivity index (χ3n) is 4.82. The number of nitrogens with zero attached hydrogens (tertiary/aromatic N) is 3. The van der Waals surface area contributed by atoms with Crippen LogP contribution in [-0.4, -0.2) is 41.5 Å². The van der Waals surface area contributed by atoms with Gasteiger partial charge < -0.3 is 5.32 Å². The molecular weight excluding hydrogens is 384 g/mol. The lowest BCUT2D eigenvalue weighted by molar-refractivity contribution is -0.121. The van der Waals surface area contributed by atoms with Crippen molar-refractivity contribution in [3.8, 4) is 0 Å². The Bertz CT molecular complexity index is 882. The van der Waals surface area contributed by atoms with Crippen LogP contribution in [0, 0.1) is 13.8 Å². The van der Waals surface area contributed by atoms with Gasteiger partial charge in [-0.3, -0.25) is 9.48 Å². The third-order valence-corrected chi connectivity index (χ3v) is 7.85. The van der Waals surface area contributed by atoms with Crippen molar-refractivity contribution in [1.29, 1.82) is 0 Å². The molecule has 0 saturated carbocycles. The molecule has 0 unspecified atom stereocenters. The van der Waals surface area contributed by atoms with Crippen LogP contribution in [0.3, 0.4) is 0 Å². The number of amides is 1. The average molecular weight is 411 g/mol. The number of nitrogens with one attached hydrogen (secondary N) is 1. The molecule has 3 rings (SSSR count). The maximum atomic E-state index is 13.0. The fourth-order valence-electron chi connectivity index (χ4n) is 3.40. The lowest BCUT2D eigenvalue weighted by Gasteiger charge is -2.26. The minimum absolute atomic E-state index is 0.0728. The lowest BCUT2D eigenvalue weighted by atomic mass is 10.2. The first kappa shape index (κ1) is 20.0. The number of aromatic nitrogens is 2. The van der Waals surface area contributed by atoms with E-state index >= 15 is 0 Å². The Morgan fingerprint density at radius 3 is 2.67 bits per heavy atom. The van der Waals surface area contributed by atoms with Crippen LogP contribution in [0.5, 0.6) is 0 Å². The first-order valence-corrected chi connectivity index (χ1v) is 11.5. The van der Waals surface area contributed by atoms with Crippen molar-refractivity contribution < 1.29 is 13.2 Å². The number of carbonyl (C=O) groups is 1. The third kappa shape index (κ3) is 4.59. The SMILES string of the molecule is Cc1nn(CCC(=O)NCc2cccs2)c(C)c1S(=O)(=O)N1CCCCC1. The molecule has 1 aliphatic heterocycles. The molecule has 9 heteroatoms.